The Morgan fingerprint density at radius 1 is 1.50 bits per heavy atom. The molecule has 1 aliphatic carbocycles. The fraction of sp³-hybridized carbons (Fsp3) is 0.625. The molecule has 120 valence electrons. The molecule has 0 amide bonds. The minimum Gasteiger partial charge on any atom is -0.473 e. The molecular weight excluding hydrogens is 289 g/mol. The quantitative estimate of drug-likeness (QED) is 0.756. The molecule has 3 rings (SSSR count). The number of rotatable bonds is 6. The smallest absolute Gasteiger partial charge is 0.251 e. The van der Waals surface area contributed by atoms with Crippen LogP contribution in [0.3, 0.4) is 0 Å². The summed E-state index contributed by atoms with van der Waals surface area (Å²) in [6, 6.07) is 1.35. The highest BCUT2D eigenvalue weighted by molar-refractivity contribution is 5.94. The first kappa shape index (κ1) is 15.4. The Balaban J connectivity index is 1.60. The van der Waals surface area contributed by atoms with Gasteiger partial charge in [-0.1, -0.05) is 0 Å². The molecule has 1 saturated heterocycles. The third kappa shape index (κ3) is 3.44. The molecule has 22 heavy (non-hydrogen) atoms. The molecule has 0 bridgehead atoms. The first-order valence-corrected chi connectivity index (χ1v) is 7.67. The number of hydrogen-bond acceptors (Lipinski definition) is 5. The predicted octanol–water partition coefficient (Wildman–Crippen LogP) is 2.88. The molecule has 1 unspecified atom stereocenters. The fourth-order valence-electron chi connectivity index (χ4n) is 2.52. The minimum absolute atomic E-state index is 0.00798. The topological polar surface area (TPSA) is 57.7 Å². The molecule has 2 fully saturated rings. The molecule has 1 aromatic heterocycles. The average Bonchev–Trinajstić information content (AvgIpc) is 3.27. The zero-order valence-corrected chi connectivity index (χ0v) is 12.6. The van der Waals surface area contributed by atoms with Gasteiger partial charge in [0.05, 0.1) is 5.56 Å². The average molecular weight is 309 g/mol. The second kappa shape index (κ2) is 6.30. The second-order valence-electron chi connectivity index (χ2n) is 5.92. The number of aromatic nitrogens is 1. The standard InChI is InChI=1S/C16H20FNO4/c1-11(19)12-5-8-18-15(14(12)17)21-10-16(6-7-16)22-13-4-2-3-9-20-13/h5,8,13H,2-4,6-7,9-10H2,1H3. The van der Waals surface area contributed by atoms with Crippen molar-refractivity contribution in [2.75, 3.05) is 13.2 Å². The summed E-state index contributed by atoms with van der Waals surface area (Å²) in [4.78, 5) is 15.2. The van der Waals surface area contributed by atoms with Crippen LogP contribution in [-0.2, 0) is 9.47 Å². The highest BCUT2D eigenvalue weighted by Crippen LogP contribution is 2.42. The Morgan fingerprint density at radius 3 is 2.95 bits per heavy atom. The van der Waals surface area contributed by atoms with Crippen LogP contribution in [0.2, 0.25) is 0 Å². The van der Waals surface area contributed by atoms with E-state index in [2.05, 4.69) is 4.98 Å². The largest absolute Gasteiger partial charge is 0.473 e. The van der Waals surface area contributed by atoms with Crippen LogP contribution in [0.15, 0.2) is 12.3 Å². The summed E-state index contributed by atoms with van der Waals surface area (Å²) in [5.41, 5.74) is -0.408. The van der Waals surface area contributed by atoms with Crippen molar-refractivity contribution in [2.24, 2.45) is 0 Å². The highest BCUT2D eigenvalue weighted by Gasteiger charge is 2.47. The number of halogens is 1. The van der Waals surface area contributed by atoms with Crippen LogP contribution < -0.4 is 4.74 Å². The van der Waals surface area contributed by atoms with Crippen LogP contribution in [0.25, 0.3) is 0 Å². The molecule has 0 aromatic carbocycles. The second-order valence-corrected chi connectivity index (χ2v) is 5.92. The van der Waals surface area contributed by atoms with Gasteiger partial charge in [-0.3, -0.25) is 4.79 Å². The summed E-state index contributed by atoms with van der Waals surface area (Å²) < 4.78 is 31.1. The molecule has 5 nitrogen and oxygen atoms in total. The van der Waals surface area contributed by atoms with Gasteiger partial charge in [0.2, 0.25) is 0 Å². The molecule has 2 heterocycles. The van der Waals surface area contributed by atoms with E-state index in [1.807, 2.05) is 0 Å². The van der Waals surface area contributed by atoms with E-state index in [0.29, 0.717) is 0 Å². The SMILES string of the molecule is CC(=O)c1ccnc(OCC2(OC3CCCCO3)CC2)c1F. The van der Waals surface area contributed by atoms with Gasteiger partial charge in [0, 0.05) is 12.8 Å². The van der Waals surface area contributed by atoms with E-state index in [9.17, 15) is 9.18 Å². The van der Waals surface area contributed by atoms with Gasteiger partial charge in [0.15, 0.2) is 17.9 Å². The number of carbonyl (C=O) groups excluding carboxylic acids is 1. The van der Waals surface area contributed by atoms with Crippen LogP contribution in [0, 0.1) is 5.82 Å². The van der Waals surface area contributed by atoms with Crippen molar-refractivity contribution in [3.8, 4) is 5.88 Å². The number of hydrogen-bond donors (Lipinski definition) is 0. The molecule has 1 aromatic rings. The molecule has 6 heteroatoms. The van der Waals surface area contributed by atoms with Gasteiger partial charge >= 0.3 is 0 Å². The summed E-state index contributed by atoms with van der Waals surface area (Å²) in [5.74, 6) is -1.20. The number of ketones is 1. The van der Waals surface area contributed by atoms with Gasteiger partial charge in [-0.05, 0) is 45.1 Å². The number of nitrogens with zero attached hydrogens (tertiary/aromatic N) is 1. The number of carbonyl (C=O) groups is 1. The maximum atomic E-state index is 14.1. The molecular formula is C16H20FNO4. The Bertz CT molecular complexity index is 553. The van der Waals surface area contributed by atoms with Gasteiger partial charge in [0.1, 0.15) is 12.2 Å². The molecule has 0 spiro atoms. The maximum Gasteiger partial charge on any atom is 0.251 e. The lowest BCUT2D eigenvalue weighted by atomic mass is 10.2. The molecule has 1 atom stereocenters. The minimum atomic E-state index is -0.709. The van der Waals surface area contributed by atoms with Gasteiger partial charge in [-0.25, -0.2) is 9.37 Å². The Labute approximate surface area is 128 Å². The van der Waals surface area contributed by atoms with E-state index in [0.717, 1.165) is 38.7 Å². The van der Waals surface area contributed by atoms with Crippen LogP contribution in [0.4, 0.5) is 4.39 Å². The van der Waals surface area contributed by atoms with E-state index in [-0.39, 0.29) is 30.1 Å². The lowest BCUT2D eigenvalue weighted by Crippen LogP contribution is -2.33. The lowest BCUT2D eigenvalue weighted by Gasteiger charge is -2.27. The number of Topliss-reactive ketones (excluding diaryl/α,β-unsaturated/α-hetero) is 1. The van der Waals surface area contributed by atoms with Crippen molar-refractivity contribution in [1.82, 2.24) is 4.98 Å². The third-order valence-corrected chi connectivity index (χ3v) is 4.04. The summed E-state index contributed by atoms with van der Waals surface area (Å²) in [5, 5.41) is 0. The zero-order chi connectivity index (χ0) is 15.6. The van der Waals surface area contributed by atoms with Crippen molar-refractivity contribution < 1.29 is 23.4 Å². The Kier molecular flexibility index (Phi) is 4.40. The van der Waals surface area contributed by atoms with Gasteiger partial charge in [0.25, 0.3) is 5.88 Å². The Morgan fingerprint density at radius 2 is 2.32 bits per heavy atom. The predicted molar refractivity (Wildman–Crippen MR) is 76.3 cm³/mol. The van der Waals surface area contributed by atoms with Crippen LogP contribution >= 0.6 is 0 Å². The fourth-order valence-corrected chi connectivity index (χ4v) is 2.52. The van der Waals surface area contributed by atoms with Gasteiger partial charge < -0.3 is 14.2 Å². The summed E-state index contributed by atoms with van der Waals surface area (Å²) in [6.45, 7) is 2.25. The monoisotopic (exact) mass is 309 g/mol. The molecule has 0 N–H and O–H groups in total. The van der Waals surface area contributed by atoms with E-state index in [4.69, 9.17) is 14.2 Å². The maximum absolute atomic E-state index is 14.1. The first-order chi connectivity index (χ1) is 10.6. The van der Waals surface area contributed by atoms with Gasteiger partial charge in [-0.2, -0.15) is 0 Å². The lowest BCUT2D eigenvalue weighted by molar-refractivity contribution is -0.202. The van der Waals surface area contributed by atoms with Crippen molar-refractivity contribution in [2.45, 2.75) is 50.9 Å². The Hall–Kier alpha value is -1.53. The molecule has 1 saturated carbocycles. The molecule has 0 radical (unpaired) electrons. The normalized spacial score (nSPS) is 23.1. The van der Waals surface area contributed by atoms with Crippen molar-refractivity contribution in [3.63, 3.8) is 0 Å². The zero-order valence-electron chi connectivity index (χ0n) is 12.6. The van der Waals surface area contributed by atoms with Crippen LogP contribution in [0.1, 0.15) is 49.4 Å². The van der Waals surface area contributed by atoms with Crippen molar-refractivity contribution in [1.29, 1.82) is 0 Å². The van der Waals surface area contributed by atoms with Crippen LogP contribution in [0.5, 0.6) is 5.88 Å². The third-order valence-electron chi connectivity index (χ3n) is 4.04. The summed E-state index contributed by atoms with van der Waals surface area (Å²) >= 11 is 0. The van der Waals surface area contributed by atoms with Crippen LogP contribution in [-0.4, -0.2) is 35.9 Å². The number of pyridine rings is 1. The molecule has 2 aliphatic rings. The van der Waals surface area contributed by atoms with E-state index in [1.165, 1.54) is 19.2 Å². The van der Waals surface area contributed by atoms with E-state index < -0.39 is 11.4 Å². The van der Waals surface area contributed by atoms with Crippen molar-refractivity contribution in [3.05, 3.63) is 23.6 Å². The molecule has 1 aliphatic heterocycles. The number of ether oxygens (including phenoxy) is 3. The first-order valence-electron chi connectivity index (χ1n) is 7.67. The van der Waals surface area contributed by atoms with E-state index in [1.54, 1.807) is 0 Å². The summed E-state index contributed by atoms with van der Waals surface area (Å²) in [6.07, 6.45) is 5.95. The van der Waals surface area contributed by atoms with Gasteiger partial charge in [-0.15, -0.1) is 0 Å². The van der Waals surface area contributed by atoms with Crippen molar-refractivity contribution >= 4 is 5.78 Å². The highest BCUT2D eigenvalue weighted by atomic mass is 19.1. The van der Waals surface area contributed by atoms with E-state index >= 15 is 0 Å². The summed E-state index contributed by atoms with van der Waals surface area (Å²) in [7, 11) is 0.